The number of hydrogen-bond acceptors (Lipinski definition) is 1. The molecule has 0 saturated carbocycles. The van der Waals surface area contributed by atoms with Gasteiger partial charge in [0.25, 0.3) is 5.82 Å². The first-order valence-electron chi connectivity index (χ1n) is 11.9. The Morgan fingerprint density at radius 3 is 2.12 bits per heavy atom. The largest absolute Gasteiger partial charge is 0.455 e. The molecule has 3 aromatic carbocycles. The van der Waals surface area contributed by atoms with Crippen LogP contribution >= 0.6 is 0 Å². The van der Waals surface area contributed by atoms with E-state index in [1.54, 1.807) is 0 Å². The number of hydrogen-bond donors (Lipinski definition) is 0. The van der Waals surface area contributed by atoms with Gasteiger partial charge in [-0.1, -0.05) is 76.2 Å². The van der Waals surface area contributed by atoms with Crippen LogP contribution in [0.1, 0.15) is 62.0 Å². The smallest absolute Gasteiger partial charge is 0.258 e. The minimum absolute atomic E-state index is 0.440. The first-order chi connectivity index (χ1) is 15.8. The van der Waals surface area contributed by atoms with Crippen molar-refractivity contribution in [2.75, 3.05) is 0 Å². The number of imidazole rings is 1. The van der Waals surface area contributed by atoms with Crippen molar-refractivity contribution in [3.8, 4) is 16.9 Å². The highest BCUT2D eigenvalue weighted by Crippen LogP contribution is 2.38. The second-order valence-electron chi connectivity index (χ2n) is 9.82. The molecule has 0 aliphatic rings. The van der Waals surface area contributed by atoms with Crippen molar-refractivity contribution in [3.05, 3.63) is 83.3 Å². The second-order valence-corrected chi connectivity index (χ2v) is 9.82. The summed E-state index contributed by atoms with van der Waals surface area (Å²) in [4.78, 5) is 0. The number of aromatic nitrogens is 2. The van der Waals surface area contributed by atoms with Crippen LogP contribution < -0.4 is 4.57 Å². The highest BCUT2D eigenvalue weighted by Gasteiger charge is 2.28. The summed E-state index contributed by atoms with van der Waals surface area (Å²) in [6.45, 7) is 13.5. The van der Waals surface area contributed by atoms with Gasteiger partial charge in [0, 0.05) is 28.8 Å². The van der Waals surface area contributed by atoms with Gasteiger partial charge >= 0.3 is 0 Å². The van der Waals surface area contributed by atoms with Crippen LogP contribution in [0.3, 0.4) is 0 Å². The Hall–Kier alpha value is -3.33. The fourth-order valence-corrected chi connectivity index (χ4v) is 5.09. The Morgan fingerprint density at radius 1 is 0.788 bits per heavy atom. The molecule has 5 aromatic rings. The third-order valence-corrected chi connectivity index (χ3v) is 7.04. The second kappa shape index (κ2) is 7.91. The van der Waals surface area contributed by atoms with Crippen LogP contribution in [0.15, 0.2) is 65.2 Å². The summed E-state index contributed by atoms with van der Waals surface area (Å²) in [5, 5.41) is 2.34. The molecule has 0 radical (unpaired) electrons. The monoisotopic (exact) mass is 437 g/mol. The zero-order chi connectivity index (χ0) is 23.4. The molecule has 5 rings (SSSR count). The third-order valence-electron chi connectivity index (χ3n) is 7.04. The molecule has 0 aliphatic heterocycles. The highest BCUT2D eigenvalue weighted by atomic mass is 16.3. The van der Waals surface area contributed by atoms with Crippen molar-refractivity contribution >= 4 is 21.9 Å². The Labute approximate surface area is 196 Å². The lowest BCUT2D eigenvalue weighted by Crippen LogP contribution is -2.35. The van der Waals surface area contributed by atoms with Gasteiger partial charge in [0.15, 0.2) is 5.69 Å². The lowest BCUT2D eigenvalue weighted by Gasteiger charge is -2.17. The Bertz CT molecular complexity index is 1470. The van der Waals surface area contributed by atoms with Gasteiger partial charge < -0.3 is 4.42 Å². The fraction of sp³-hybridized carbons (Fsp3) is 0.300. The number of benzene rings is 3. The number of furan rings is 1. The summed E-state index contributed by atoms with van der Waals surface area (Å²) in [6, 6.07) is 19.5. The van der Waals surface area contributed by atoms with E-state index in [9.17, 15) is 0 Å². The molecule has 0 saturated heterocycles. The van der Waals surface area contributed by atoms with Crippen LogP contribution in [0.2, 0.25) is 0 Å². The zero-order valence-electron chi connectivity index (χ0n) is 20.7. The first-order valence-corrected chi connectivity index (χ1v) is 11.9. The van der Waals surface area contributed by atoms with Crippen molar-refractivity contribution in [3.63, 3.8) is 0 Å². The summed E-state index contributed by atoms with van der Waals surface area (Å²) < 4.78 is 11.1. The van der Waals surface area contributed by atoms with E-state index < -0.39 is 0 Å². The summed E-state index contributed by atoms with van der Waals surface area (Å²) in [6.07, 6.45) is 2.30. The van der Waals surface area contributed by atoms with E-state index in [1.807, 2.05) is 6.07 Å². The molecule has 3 nitrogen and oxygen atoms in total. The van der Waals surface area contributed by atoms with Gasteiger partial charge in [-0.15, -0.1) is 0 Å². The molecule has 0 aliphatic carbocycles. The molecule has 2 heterocycles. The maximum absolute atomic E-state index is 6.43. The average molecular weight is 438 g/mol. The van der Waals surface area contributed by atoms with Crippen LogP contribution in [-0.4, -0.2) is 4.57 Å². The number of aryl methyl sites for hydroxylation is 1. The van der Waals surface area contributed by atoms with E-state index in [1.165, 1.54) is 50.2 Å². The van der Waals surface area contributed by atoms with Gasteiger partial charge in [-0.3, -0.25) is 0 Å². The number of rotatable bonds is 4. The molecule has 0 fully saturated rings. The molecule has 0 bridgehead atoms. The molecule has 2 aromatic heterocycles. The van der Waals surface area contributed by atoms with Crippen LogP contribution in [0, 0.1) is 13.8 Å². The van der Waals surface area contributed by atoms with Gasteiger partial charge in [-0.05, 0) is 30.4 Å². The molecule has 0 N–H and O–H groups in total. The van der Waals surface area contributed by atoms with E-state index in [2.05, 4.69) is 112 Å². The minimum atomic E-state index is 0.440. The van der Waals surface area contributed by atoms with Gasteiger partial charge in [0.1, 0.15) is 23.1 Å². The van der Waals surface area contributed by atoms with Crippen molar-refractivity contribution in [1.82, 2.24) is 4.57 Å². The van der Waals surface area contributed by atoms with Crippen molar-refractivity contribution in [1.29, 1.82) is 0 Å². The van der Waals surface area contributed by atoms with Crippen molar-refractivity contribution in [2.45, 2.75) is 53.4 Å². The third kappa shape index (κ3) is 3.30. The summed E-state index contributed by atoms with van der Waals surface area (Å²) in [7, 11) is 2.16. The molecule has 168 valence electrons. The quantitative estimate of drug-likeness (QED) is 0.264. The van der Waals surface area contributed by atoms with Gasteiger partial charge in [0.2, 0.25) is 0 Å². The Kier molecular flexibility index (Phi) is 5.16. The van der Waals surface area contributed by atoms with Gasteiger partial charge in [0.05, 0.1) is 12.6 Å². The molecule has 3 heteroatoms. The Morgan fingerprint density at radius 2 is 1.45 bits per heavy atom. The van der Waals surface area contributed by atoms with Crippen LogP contribution in [0.5, 0.6) is 0 Å². The Balaban J connectivity index is 1.83. The molecule has 33 heavy (non-hydrogen) atoms. The lowest BCUT2D eigenvalue weighted by atomic mass is 9.92. The normalized spacial score (nSPS) is 12.0. The molecular weight excluding hydrogens is 404 g/mol. The van der Waals surface area contributed by atoms with E-state index in [0.717, 1.165) is 11.2 Å². The van der Waals surface area contributed by atoms with Crippen LogP contribution in [-0.2, 0) is 7.05 Å². The topological polar surface area (TPSA) is 21.9 Å². The van der Waals surface area contributed by atoms with Crippen molar-refractivity contribution < 1.29 is 8.98 Å². The van der Waals surface area contributed by atoms with E-state index in [-0.39, 0.29) is 0 Å². The lowest BCUT2D eigenvalue weighted by molar-refractivity contribution is -0.603. The maximum Gasteiger partial charge on any atom is 0.258 e. The standard InChI is InChI=1S/C30H33N2O/c1-18(2)22-12-10-13-23(19(3)4)29(22)32-17-26(31(7)21(32)6)28-20(5)15-16-25-24-11-8-9-14-27(24)33-30(25)28/h8-19H,1-7H3/q+1. The van der Waals surface area contributed by atoms with Gasteiger partial charge in [-0.2, -0.15) is 4.57 Å². The number of nitrogens with zero attached hydrogens (tertiary/aromatic N) is 2. The first kappa shape index (κ1) is 21.5. The summed E-state index contributed by atoms with van der Waals surface area (Å²) in [5.41, 5.74) is 9.53. The maximum atomic E-state index is 6.43. The highest BCUT2D eigenvalue weighted by molar-refractivity contribution is 6.09. The van der Waals surface area contributed by atoms with E-state index in [4.69, 9.17) is 4.42 Å². The SMILES string of the molecule is Cc1ccc2c(oc3ccccc32)c1-c1c[n+](-c2c(C(C)C)cccc2C(C)C)c(C)n1C. The number of para-hydroxylation sites is 2. The van der Waals surface area contributed by atoms with Crippen LogP contribution in [0.4, 0.5) is 0 Å². The zero-order valence-corrected chi connectivity index (χ0v) is 20.7. The fourth-order valence-electron chi connectivity index (χ4n) is 5.09. The van der Waals surface area contributed by atoms with Gasteiger partial charge in [-0.25, -0.2) is 4.57 Å². The van der Waals surface area contributed by atoms with Crippen molar-refractivity contribution in [2.24, 2.45) is 7.05 Å². The predicted molar refractivity (Wildman–Crippen MR) is 137 cm³/mol. The van der Waals surface area contributed by atoms with E-state index >= 15 is 0 Å². The summed E-state index contributed by atoms with van der Waals surface area (Å²) >= 11 is 0. The number of fused-ring (bicyclic) bond motifs is 3. The predicted octanol–water partition coefficient (Wildman–Crippen LogP) is 7.73. The van der Waals surface area contributed by atoms with E-state index in [0.29, 0.717) is 11.8 Å². The minimum Gasteiger partial charge on any atom is -0.455 e. The average Bonchev–Trinajstić information content (AvgIpc) is 3.30. The van der Waals surface area contributed by atoms with Crippen LogP contribution in [0.25, 0.3) is 38.9 Å². The molecule has 0 amide bonds. The molecular formula is C30H33N2O+. The molecule has 0 unspecified atom stereocenters. The molecule has 0 atom stereocenters. The summed E-state index contributed by atoms with van der Waals surface area (Å²) in [5.74, 6) is 2.08. The molecule has 0 spiro atoms.